The molecule has 0 aromatic carbocycles. The van der Waals surface area contributed by atoms with E-state index in [9.17, 15) is 4.79 Å². The topological polar surface area (TPSA) is 75.1 Å². The fraction of sp³-hybridized carbons (Fsp3) is 0.267. The molecule has 0 aliphatic rings. The van der Waals surface area contributed by atoms with Gasteiger partial charge >= 0.3 is 0 Å². The first kappa shape index (κ1) is 15.2. The molecule has 6 heteroatoms. The highest BCUT2D eigenvalue weighted by Crippen LogP contribution is 2.22. The number of aliphatic hydroxyl groups excluding tert-OH is 1. The molecule has 0 unspecified atom stereocenters. The largest absolute Gasteiger partial charge is 0.384 e. The summed E-state index contributed by atoms with van der Waals surface area (Å²) in [7, 11) is 0. The van der Waals surface area contributed by atoms with Crippen molar-refractivity contribution in [2.75, 3.05) is 6.61 Å². The summed E-state index contributed by atoms with van der Waals surface area (Å²) >= 11 is 1.49. The van der Waals surface area contributed by atoms with Gasteiger partial charge in [-0.2, -0.15) is 0 Å². The number of nitrogens with zero attached hydrogens (tertiary/aromatic N) is 2. The number of carbonyl (C=O) groups is 1. The zero-order chi connectivity index (χ0) is 15.3. The summed E-state index contributed by atoms with van der Waals surface area (Å²) in [6.45, 7) is 3.52. The second-order valence-electron chi connectivity index (χ2n) is 4.80. The van der Waals surface area contributed by atoms with Crippen molar-refractivity contribution in [2.24, 2.45) is 0 Å². The van der Waals surface area contributed by atoms with E-state index in [1.807, 2.05) is 19.2 Å². The van der Waals surface area contributed by atoms with Crippen LogP contribution >= 0.6 is 11.3 Å². The van der Waals surface area contributed by atoms with Gasteiger partial charge in [-0.05, 0) is 19.9 Å². The normalized spacial score (nSPS) is 10.6. The van der Waals surface area contributed by atoms with Crippen molar-refractivity contribution in [3.63, 3.8) is 0 Å². The van der Waals surface area contributed by atoms with Crippen LogP contribution in [0.5, 0.6) is 0 Å². The molecule has 108 valence electrons. The van der Waals surface area contributed by atoms with Crippen LogP contribution in [-0.4, -0.2) is 27.6 Å². The van der Waals surface area contributed by atoms with Crippen molar-refractivity contribution < 1.29 is 9.90 Å². The third kappa shape index (κ3) is 3.66. The molecule has 0 saturated heterocycles. The van der Waals surface area contributed by atoms with Gasteiger partial charge in [-0.15, -0.1) is 11.3 Å². The summed E-state index contributed by atoms with van der Waals surface area (Å²) in [6.07, 6.45) is 4.75. The standard InChI is InChI=1S/C15H15N3O2S/c1-15(2,14-17-7-9-21-14)18-13(20)12-5-6-16-10-11(12)4-3-8-19/h5-7,9-10,19H,8H2,1-2H3,(H,18,20). The molecule has 0 bridgehead atoms. The Kier molecular flexibility index (Phi) is 4.68. The monoisotopic (exact) mass is 301 g/mol. The average molecular weight is 301 g/mol. The van der Waals surface area contributed by atoms with E-state index in [-0.39, 0.29) is 12.5 Å². The number of amides is 1. The third-order valence-corrected chi connectivity index (χ3v) is 3.86. The summed E-state index contributed by atoms with van der Waals surface area (Å²) in [5.41, 5.74) is 0.338. The van der Waals surface area contributed by atoms with Gasteiger partial charge in [0.05, 0.1) is 16.7 Å². The van der Waals surface area contributed by atoms with Crippen molar-refractivity contribution in [1.82, 2.24) is 15.3 Å². The van der Waals surface area contributed by atoms with Crippen LogP contribution in [0.4, 0.5) is 0 Å². The van der Waals surface area contributed by atoms with Gasteiger partial charge in [-0.3, -0.25) is 9.78 Å². The van der Waals surface area contributed by atoms with Crippen LogP contribution in [-0.2, 0) is 5.54 Å². The van der Waals surface area contributed by atoms with E-state index < -0.39 is 5.54 Å². The lowest BCUT2D eigenvalue weighted by Gasteiger charge is -2.24. The molecule has 2 aromatic rings. The Labute approximate surface area is 127 Å². The van der Waals surface area contributed by atoms with E-state index in [1.54, 1.807) is 12.3 Å². The number of carbonyl (C=O) groups excluding carboxylic acids is 1. The van der Waals surface area contributed by atoms with Gasteiger partial charge < -0.3 is 10.4 Å². The van der Waals surface area contributed by atoms with Gasteiger partial charge in [0.1, 0.15) is 11.6 Å². The van der Waals surface area contributed by atoms with Crippen LogP contribution in [0.1, 0.15) is 34.8 Å². The molecule has 0 radical (unpaired) electrons. The summed E-state index contributed by atoms with van der Waals surface area (Å²) in [5.74, 6) is 5.00. The lowest BCUT2D eigenvalue weighted by molar-refractivity contribution is 0.0911. The Hall–Kier alpha value is -2.23. The molecule has 21 heavy (non-hydrogen) atoms. The maximum Gasteiger partial charge on any atom is 0.253 e. The fourth-order valence-electron chi connectivity index (χ4n) is 1.76. The number of rotatable bonds is 3. The zero-order valence-corrected chi connectivity index (χ0v) is 12.6. The van der Waals surface area contributed by atoms with Crippen molar-refractivity contribution in [3.05, 3.63) is 46.2 Å². The Morgan fingerprint density at radius 3 is 2.95 bits per heavy atom. The van der Waals surface area contributed by atoms with E-state index in [1.165, 1.54) is 23.7 Å². The van der Waals surface area contributed by atoms with Gasteiger partial charge in [-0.25, -0.2) is 4.98 Å². The van der Waals surface area contributed by atoms with Crippen LogP contribution in [0.25, 0.3) is 0 Å². The number of thiazole rings is 1. The Morgan fingerprint density at radius 1 is 1.48 bits per heavy atom. The summed E-state index contributed by atoms with van der Waals surface area (Å²) in [5, 5.41) is 14.4. The number of aromatic nitrogens is 2. The Bertz CT molecular complexity index is 684. The highest BCUT2D eigenvalue weighted by Gasteiger charge is 2.26. The Balaban J connectivity index is 2.25. The maximum atomic E-state index is 12.4. The van der Waals surface area contributed by atoms with E-state index >= 15 is 0 Å². The first-order valence-corrected chi connectivity index (χ1v) is 7.19. The highest BCUT2D eigenvalue weighted by atomic mass is 32.1. The lowest BCUT2D eigenvalue weighted by Crippen LogP contribution is -2.41. The molecule has 2 heterocycles. The molecule has 0 aliphatic carbocycles. The SMILES string of the molecule is CC(C)(NC(=O)c1ccncc1C#CCO)c1nccs1. The second kappa shape index (κ2) is 6.48. The molecule has 0 atom stereocenters. The predicted molar refractivity (Wildman–Crippen MR) is 80.8 cm³/mol. The molecule has 5 nitrogen and oxygen atoms in total. The van der Waals surface area contributed by atoms with Crippen LogP contribution in [0.3, 0.4) is 0 Å². The van der Waals surface area contributed by atoms with E-state index in [4.69, 9.17) is 5.11 Å². The van der Waals surface area contributed by atoms with Gasteiger partial charge in [0.15, 0.2) is 0 Å². The molecular formula is C15H15N3O2S. The third-order valence-electron chi connectivity index (χ3n) is 2.76. The molecule has 2 aromatic heterocycles. The van der Waals surface area contributed by atoms with E-state index in [0.29, 0.717) is 11.1 Å². The molecular weight excluding hydrogens is 286 g/mol. The maximum absolute atomic E-state index is 12.4. The van der Waals surface area contributed by atoms with Crippen LogP contribution < -0.4 is 5.32 Å². The van der Waals surface area contributed by atoms with Crippen LogP contribution in [0.2, 0.25) is 0 Å². The van der Waals surface area contributed by atoms with Gasteiger partial charge in [-0.1, -0.05) is 11.8 Å². The van der Waals surface area contributed by atoms with Crippen molar-refractivity contribution in [1.29, 1.82) is 0 Å². The fourth-order valence-corrected chi connectivity index (χ4v) is 2.48. The molecule has 2 N–H and O–H groups in total. The van der Waals surface area contributed by atoms with Crippen molar-refractivity contribution >= 4 is 17.2 Å². The summed E-state index contributed by atoms with van der Waals surface area (Å²) in [6, 6.07) is 1.61. The minimum absolute atomic E-state index is 0.250. The average Bonchev–Trinajstić information content (AvgIpc) is 3.00. The number of hydrogen-bond acceptors (Lipinski definition) is 5. The summed E-state index contributed by atoms with van der Waals surface area (Å²) in [4.78, 5) is 20.6. The number of hydrogen-bond donors (Lipinski definition) is 2. The minimum Gasteiger partial charge on any atom is -0.384 e. The number of pyridine rings is 1. The molecule has 0 fully saturated rings. The van der Waals surface area contributed by atoms with Gasteiger partial charge in [0.2, 0.25) is 0 Å². The van der Waals surface area contributed by atoms with Crippen LogP contribution in [0, 0.1) is 11.8 Å². The smallest absolute Gasteiger partial charge is 0.253 e. The second-order valence-corrected chi connectivity index (χ2v) is 5.69. The Morgan fingerprint density at radius 2 is 2.29 bits per heavy atom. The minimum atomic E-state index is -0.573. The lowest BCUT2D eigenvalue weighted by atomic mass is 10.0. The van der Waals surface area contributed by atoms with E-state index in [2.05, 4.69) is 27.1 Å². The molecule has 2 rings (SSSR count). The number of aliphatic hydroxyl groups is 1. The van der Waals surface area contributed by atoms with Gasteiger partial charge in [0, 0.05) is 24.0 Å². The highest BCUT2D eigenvalue weighted by molar-refractivity contribution is 7.09. The number of nitrogens with one attached hydrogen (secondary N) is 1. The first-order valence-electron chi connectivity index (χ1n) is 6.31. The molecule has 0 saturated carbocycles. The van der Waals surface area contributed by atoms with Crippen LogP contribution in [0.15, 0.2) is 30.0 Å². The van der Waals surface area contributed by atoms with E-state index in [0.717, 1.165) is 5.01 Å². The predicted octanol–water partition coefficient (Wildman–Crippen LogP) is 1.55. The van der Waals surface area contributed by atoms with Crippen molar-refractivity contribution in [2.45, 2.75) is 19.4 Å². The first-order chi connectivity index (χ1) is 10.0. The van der Waals surface area contributed by atoms with Gasteiger partial charge in [0.25, 0.3) is 5.91 Å². The zero-order valence-electron chi connectivity index (χ0n) is 11.8. The molecule has 0 spiro atoms. The summed E-state index contributed by atoms with van der Waals surface area (Å²) < 4.78 is 0. The van der Waals surface area contributed by atoms with Crippen molar-refractivity contribution in [3.8, 4) is 11.8 Å². The quantitative estimate of drug-likeness (QED) is 0.843. The molecule has 1 amide bonds. The molecule has 0 aliphatic heterocycles.